The molecule has 0 unspecified atom stereocenters. The number of hydrogen-bond donors (Lipinski definition) is 0. The van der Waals surface area contributed by atoms with Gasteiger partial charge in [-0.05, 0) is 6.92 Å². The van der Waals surface area contributed by atoms with Crippen molar-refractivity contribution in [1.82, 2.24) is 15.0 Å². The summed E-state index contributed by atoms with van der Waals surface area (Å²) in [6.45, 7) is 6.20. The lowest BCUT2D eigenvalue weighted by Gasteiger charge is -1.93. The fourth-order valence-electron chi connectivity index (χ4n) is 1.07. The average molecular weight is 193 g/mol. The number of aromatic nitrogens is 3. The summed E-state index contributed by atoms with van der Waals surface area (Å²) < 4.78 is 0. The SMILES string of the molecule is Cc1cnc2nc(C(C)C)sc2n1. The van der Waals surface area contributed by atoms with Crippen LogP contribution in [0.15, 0.2) is 6.20 Å². The molecular formula is C9H11N3S. The highest BCUT2D eigenvalue weighted by atomic mass is 32.1. The van der Waals surface area contributed by atoms with Gasteiger partial charge in [0.05, 0.1) is 16.9 Å². The molecule has 3 nitrogen and oxygen atoms in total. The Labute approximate surface area is 80.9 Å². The molecule has 0 aliphatic rings. The van der Waals surface area contributed by atoms with Crippen molar-refractivity contribution in [2.75, 3.05) is 0 Å². The molecule has 0 amide bonds. The lowest BCUT2D eigenvalue weighted by atomic mass is 10.2. The van der Waals surface area contributed by atoms with Gasteiger partial charge >= 0.3 is 0 Å². The highest BCUT2D eigenvalue weighted by Crippen LogP contribution is 2.24. The van der Waals surface area contributed by atoms with Crippen LogP contribution < -0.4 is 0 Å². The topological polar surface area (TPSA) is 38.7 Å². The van der Waals surface area contributed by atoms with E-state index in [1.807, 2.05) is 6.92 Å². The van der Waals surface area contributed by atoms with Crippen molar-refractivity contribution in [1.29, 1.82) is 0 Å². The molecule has 0 fully saturated rings. The third-order valence-electron chi connectivity index (χ3n) is 1.75. The molecule has 13 heavy (non-hydrogen) atoms. The number of hydrogen-bond acceptors (Lipinski definition) is 4. The van der Waals surface area contributed by atoms with E-state index in [-0.39, 0.29) is 0 Å². The van der Waals surface area contributed by atoms with Crippen LogP contribution in [-0.2, 0) is 0 Å². The lowest BCUT2D eigenvalue weighted by molar-refractivity contribution is 0.855. The second kappa shape index (κ2) is 3.03. The third-order valence-corrected chi connectivity index (χ3v) is 2.99. The summed E-state index contributed by atoms with van der Waals surface area (Å²) in [5.41, 5.74) is 1.73. The number of fused-ring (bicyclic) bond motifs is 1. The van der Waals surface area contributed by atoms with E-state index in [2.05, 4.69) is 28.8 Å². The van der Waals surface area contributed by atoms with Crippen LogP contribution in [-0.4, -0.2) is 15.0 Å². The number of aryl methyl sites for hydroxylation is 1. The van der Waals surface area contributed by atoms with Gasteiger partial charge in [0.2, 0.25) is 0 Å². The largest absolute Gasteiger partial charge is 0.237 e. The first-order valence-electron chi connectivity index (χ1n) is 4.27. The van der Waals surface area contributed by atoms with Crippen LogP contribution in [0.25, 0.3) is 10.5 Å². The molecule has 4 heteroatoms. The van der Waals surface area contributed by atoms with Gasteiger partial charge in [0, 0.05) is 5.92 Å². The molecule has 0 radical (unpaired) electrons. The predicted octanol–water partition coefficient (Wildman–Crippen LogP) is 2.52. The maximum atomic E-state index is 4.40. The molecular weight excluding hydrogens is 182 g/mol. The third kappa shape index (κ3) is 1.54. The van der Waals surface area contributed by atoms with Gasteiger partial charge in [-0.1, -0.05) is 25.2 Å². The molecule has 0 atom stereocenters. The van der Waals surface area contributed by atoms with Crippen molar-refractivity contribution >= 4 is 21.8 Å². The highest BCUT2D eigenvalue weighted by Gasteiger charge is 2.08. The molecule has 0 aliphatic heterocycles. The molecule has 0 aliphatic carbocycles. The standard InChI is InChI=1S/C9H11N3S/c1-5(2)8-12-7-9(13-8)11-6(3)4-10-7/h4-5H,1-3H3. The Balaban J connectivity index is 2.62. The first kappa shape index (κ1) is 8.56. The Hall–Kier alpha value is -1.03. The van der Waals surface area contributed by atoms with Gasteiger partial charge in [0.25, 0.3) is 0 Å². The molecule has 0 aromatic carbocycles. The van der Waals surface area contributed by atoms with E-state index >= 15 is 0 Å². The second-order valence-corrected chi connectivity index (χ2v) is 4.36. The fourth-order valence-corrected chi connectivity index (χ4v) is 2.01. The molecule has 68 valence electrons. The van der Waals surface area contributed by atoms with Crippen LogP contribution in [0, 0.1) is 6.92 Å². The number of nitrogens with zero attached hydrogens (tertiary/aromatic N) is 3. The molecule has 0 N–H and O–H groups in total. The van der Waals surface area contributed by atoms with E-state index in [9.17, 15) is 0 Å². The van der Waals surface area contributed by atoms with Crippen LogP contribution in [0.3, 0.4) is 0 Å². The minimum atomic E-state index is 0.460. The molecule has 0 bridgehead atoms. The monoisotopic (exact) mass is 193 g/mol. The zero-order chi connectivity index (χ0) is 9.42. The van der Waals surface area contributed by atoms with E-state index in [0.29, 0.717) is 5.92 Å². The van der Waals surface area contributed by atoms with Gasteiger partial charge in [-0.2, -0.15) is 0 Å². The van der Waals surface area contributed by atoms with Crippen molar-refractivity contribution in [2.24, 2.45) is 0 Å². The van der Waals surface area contributed by atoms with Gasteiger partial charge in [0.15, 0.2) is 10.5 Å². The van der Waals surface area contributed by atoms with E-state index in [1.165, 1.54) is 0 Å². The molecule has 0 saturated heterocycles. The van der Waals surface area contributed by atoms with E-state index < -0.39 is 0 Å². The quantitative estimate of drug-likeness (QED) is 0.698. The number of rotatable bonds is 1. The van der Waals surface area contributed by atoms with Crippen LogP contribution in [0.1, 0.15) is 30.5 Å². The highest BCUT2D eigenvalue weighted by molar-refractivity contribution is 7.18. The Bertz CT molecular complexity index is 433. The summed E-state index contributed by atoms with van der Waals surface area (Å²) in [7, 11) is 0. The van der Waals surface area contributed by atoms with Crippen molar-refractivity contribution in [3.05, 3.63) is 16.9 Å². The average Bonchev–Trinajstić information content (AvgIpc) is 2.46. The summed E-state index contributed by atoms with van der Waals surface area (Å²) in [4.78, 5) is 13.9. The minimum absolute atomic E-state index is 0.460. The fraction of sp³-hybridized carbons (Fsp3) is 0.444. The first-order chi connectivity index (χ1) is 6.16. The summed E-state index contributed by atoms with van der Waals surface area (Å²) >= 11 is 1.63. The molecule has 0 saturated carbocycles. The summed E-state index contributed by atoms with van der Waals surface area (Å²) in [6.07, 6.45) is 1.76. The molecule has 2 aromatic heterocycles. The van der Waals surface area contributed by atoms with E-state index in [1.54, 1.807) is 17.5 Å². The van der Waals surface area contributed by atoms with Crippen LogP contribution in [0.4, 0.5) is 0 Å². The Kier molecular flexibility index (Phi) is 2.00. The lowest BCUT2D eigenvalue weighted by Crippen LogP contribution is -1.85. The van der Waals surface area contributed by atoms with E-state index in [4.69, 9.17) is 0 Å². The smallest absolute Gasteiger partial charge is 0.189 e. The summed E-state index contributed by atoms with van der Waals surface area (Å²) in [5, 5.41) is 1.11. The Morgan fingerprint density at radius 3 is 2.77 bits per heavy atom. The maximum Gasteiger partial charge on any atom is 0.189 e. The van der Waals surface area contributed by atoms with Crippen LogP contribution >= 0.6 is 11.3 Å². The molecule has 0 spiro atoms. The van der Waals surface area contributed by atoms with Gasteiger partial charge in [-0.15, -0.1) is 0 Å². The maximum absolute atomic E-state index is 4.40. The Morgan fingerprint density at radius 2 is 2.08 bits per heavy atom. The Morgan fingerprint density at radius 1 is 1.31 bits per heavy atom. The zero-order valence-corrected chi connectivity index (χ0v) is 8.72. The van der Waals surface area contributed by atoms with Crippen molar-refractivity contribution in [3.63, 3.8) is 0 Å². The van der Waals surface area contributed by atoms with Crippen LogP contribution in [0.5, 0.6) is 0 Å². The zero-order valence-electron chi connectivity index (χ0n) is 7.90. The number of thiazole rings is 1. The normalized spacial score (nSPS) is 11.4. The molecule has 2 rings (SSSR count). The van der Waals surface area contributed by atoms with Gasteiger partial charge in [-0.3, -0.25) is 0 Å². The minimum Gasteiger partial charge on any atom is -0.237 e. The van der Waals surface area contributed by atoms with Crippen molar-refractivity contribution < 1.29 is 0 Å². The van der Waals surface area contributed by atoms with Crippen LogP contribution in [0.2, 0.25) is 0 Å². The van der Waals surface area contributed by atoms with Gasteiger partial charge < -0.3 is 0 Å². The predicted molar refractivity (Wildman–Crippen MR) is 54.0 cm³/mol. The second-order valence-electron chi connectivity index (χ2n) is 3.35. The van der Waals surface area contributed by atoms with E-state index in [0.717, 1.165) is 21.2 Å². The van der Waals surface area contributed by atoms with Crippen molar-refractivity contribution in [2.45, 2.75) is 26.7 Å². The molecule has 2 heterocycles. The van der Waals surface area contributed by atoms with Gasteiger partial charge in [0.1, 0.15) is 0 Å². The molecule has 2 aromatic rings. The first-order valence-corrected chi connectivity index (χ1v) is 5.08. The van der Waals surface area contributed by atoms with Gasteiger partial charge in [-0.25, -0.2) is 15.0 Å². The van der Waals surface area contributed by atoms with Crippen molar-refractivity contribution in [3.8, 4) is 0 Å². The summed E-state index contributed by atoms with van der Waals surface area (Å²) in [6, 6.07) is 0. The summed E-state index contributed by atoms with van der Waals surface area (Å²) in [5.74, 6) is 0.460.